The minimum absolute atomic E-state index is 0.156. The molecule has 1 fully saturated rings. The lowest BCUT2D eigenvalue weighted by Crippen LogP contribution is -2.54. The first-order valence-corrected chi connectivity index (χ1v) is 7.07. The second-order valence-corrected chi connectivity index (χ2v) is 5.75. The minimum atomic E-state index is -0.156. The van der Waals surface area contributed by atoms with E-state index in [1.165, 1.54) is 0 Å². The molecule has 0 bridgehead atoms. The minimum Gasteiger partial charge on any atom is -0.399 e. The smallest absolute Gasteiger partial charge is 0.252 e. The number of rotatable bonds is 3. The Bertz CT molecular complexity index is 494. The van der Waals surface area contributed by atoms with Crippen LogP contribution in [0.4, 0.5) is 5.69 Å². The molecule has 20 heavy (non-hydrogen) atoms. The average Bonchev–Trinajstić information content (AvgIpc) is 2.39. The van der Waals surface area contributed by atoms with Gasteiger partial charge in [0.15, 0.2) is 0 Å². The first kappa shape index (κ1) is 15.1. The van der Waals surface area contributed by atoms with E-state index >= 15 is 0 Å². The molecule has 110 valence electrons. The molecule has 6 heteroatoms. The number of likely N-dealkylation sites (N-methyl/N-ethyl adjacent to an activating group) is 2. The van der Waals surface area contributed by atoms with Crippen molar-refractivity contribution in [2.24, 2.45) is 0 Å². The summed E-state index contributed by atoms with van der Waals surface area (Å²) in [5.74, 6) is -0.156. The maximum absolute atomic E-state index is 12.1. The molecule has 1 atom stereocenters. The van der Waals surface area contributed by atoms with E-state index in [2.05, 4.69) is 29.2 Å². The largest absolute Gasteiger partial charge is 0.399 e. The second kappa shape index (κ2) is 6.43. The number of carbonyl (C=O) groups is 1. The second-order valence-electron chi connectivity index (χ2n) is 5.35. The van der Waals surface area contributed by atoms with Crippen LogP contribution in [-0.4, -0.2) is 62.0 Å². The number of hydrogen-bond donors (Lipinski definition) is 2. The van der Waals surface area contributed by atoms with Gasteiger partial charge in [-0.3, -0.25) is 9.69 Å². The van der Waals surface area contributed by atoms with E-state index < -0.39 is 0 Å². The lowest BCUT2D eigenvalue weighted by molar-refractivity contribution is 0.0881. The van der Waals surface area contributed by atoms with Crippen molar-refractivity contribution in [2.45, 2.75) is 6.04 Å². The molecule has 1 amide bonds. The summed E-state index contributed by atoms with van der Waals surface area (Å²) in [6.45, 7) is 3.64. The van der Waals surface area contributed by atoms with Gasteiger partial charge in [0.05, 0.1) is 10.6 Å². The van der Waals surface area contributed by atoms with Crippen molar-refractivity contribution in [3.05, 3.63) is 28.8 Å². The highest BCUT2D eigenvalue weighted by atomic mass is 35.5. The summed E-state index contributed by atoms with van der Waals surface area (Å²) in [6, 6.07) is 5.26. The quantitative estimate of drug-likeness (QED) is 0.814. The standard InChI is InChI=1S/C14H21ClN4O/c1-18-5-6-19(2)11(9-18)8-17-14(20)12-4-3-10(16)7-13(12)15/h3-4,7,11H,5-6,8-9,16H2,1-2H3,(H,17,20). The van der Waals surface area contributed by atoms with Gasteiger partial charge in [0.1, 0.15) is 0 Å². The topological polar surface area (TPSA) is 61.6 Å². The number of halogens is 1. The molecule has 0 aliphatic carbocycles. The molecule has 1 aromatic carbocycles. The van der Waals surface area contributed by atoms with E-state index in [9.17, 15) is 4.79 Å². The number of benzene rings is 1. The van der Waals surface area contributed by atoms with Crippen molar-refractivity contribution in [3.8, 4) is 0 Å². The summed E-state index contributed by atoms with van der Waals surface area (Å²) in [6.07, 6.45) is 0. The third kappa shape index (κ3) is 3.62. The van der Waals surface area contributed by atoms with Crippen LogP contribution in [0.15, 0.2) is 18.2 Å². The molecule has 1 unspecified atom stereocenters. The number of nitrogen functional groups attached to an aromatic ring is 1. The monoisotopic (exact) mass is 296 g/mol. The van der Waals surface area contributed by atoms with Crippen molar-refractivity contribution < 1.29 is 4.79 Å². The lowest BCUT2D eigenvalue weighted by Gasteiger charge is -2.37. The van der Waals surface area contributed by atoms with Crippen molar-refractivity contribution in [1.29, 1.82) is 0 Å². The maximum atomic E-state index is 12.1. The van der Waals surface area contributed by atoms with Crippen LogP contribution in [0.3, 0.4) is 0 Å². The molecule has 1 aliphatic rings. The fourth-order valence-electron chi connectivity index (χ4n) is 2.34. The molecule has 0 radical (unpaired) electrons. The van der Waals surface area contributed by atoms with Crippen LogP contribution >= 0.6 is 11.6 Å². The highest BCUT2D eigenvalue weighted by Gasteiger charge is 2.22. The zero-order valence-corrected chi connectivity index (χ0v) is 12.7. The fraction of sp³-hybridized carbons (Fsp3) is 0.500. The van der Waals surface area contributed by atoms with Gasteiger partial charge in [0, 0.05) is 37.9 Å². The molecule has 3 N–H and O–H groups in total. The predicted molar refractivity (Wildman–Crippen MR) is 82.1 cm³/mol. The fourth-order valence-corrected chi connectivity index (χ4v) is 2.62. The Balaban J connectivity index is 1.94. The number of nitrogens with two attached hydrogens (primary N) is 1. The molecule has 0 saturated carbocycles. The van der Waals surface area contributed by atoms with E-state index in [-0.39, 0.29) is 5.91 Å². The number of amides is 1. The van der Waals surface area contributed by atoms with Gasteiger partial charge in [-0.1, -0.05) is 11.6 Å². The Hall–Kier alpha value is -1.30. The summed E-state index contributed by atoms with van der Waals surface area (Å²) >= 11 is 6.04. The number of nitrogens with one attached hydrogen (secondary N) is 1. The zero-order chi connectivity index (χ0) is 14.7. The van der Waals surface area contributed by atoms with E-state index in [4.69, 9.17) is 17.3 Å². The summed E-state index contributed by atoms with van der Waals surface area (Å²) in [5.41, 5.74) is 6.64. The van der Waals surface area contributed by atoms with Gasteiger partial charge in [-0.05, 0) is 32.3 Å². The van der Waals surface area contributed by atoms with Crippen molar-refractivity contribution in [1.82, 2.24) is 15.1 Å². The SMILES string of the molecule is CN1CCN(C)C(CNC(=O)c2ccc(N)cc2Cl)C1. The maximum Gasteiger partial charge on any atom is 0.252 e. The molecular weight excluding hydrogens is 276 g/mol. The van der Waals surface area contributed by atoms with Gasteiger partial charge in [-0.2, -0.15) is 0 Å². The number of carbonyl (C=O) groups excluding carboxylic acids is 1. The van der Waals surface area contributed by atoms with Crippen molar-refractivity contribution in [3.63, 3.8) is 0 Å². The number of anilines is 1. The van der Waals surface area contributed by atoms with Crippen LogP contribution in [0.2, 0.25) is 5.02 Å². The molecule has 2 rings (SSSR count). The average molecular weight is 297 g/mol. The van der Waals surface area contributed by atoms with E-state index in [0.29, 0.717) is 28.9 Å². The number of nitrogens with zero attached hydrogens (tertiary/aromatic N) is 2. The van der Waals surface area contributed by atoms with Crippen molar-refractivity contribution >= 4 is 23.2 Å². The highest BCUT2D eigenvalue weighted by Crippen LogP contribution is 2.19. The highest BCUT2D eigenvalue weighted by molar-refractivity contribution is 6.34. The molecule has 1 aromatic rings. The number of piperazine rings is 1. The van der Waals surface area contributed by atoms with Gasteiger partial charge < -0.3 is 16.0 Å². The van der Waals surface area contributed by atoms with Crippen LogP contribution in [-0.2, 0) is 0 Å². The first-order chi connectivity index (χ1) is 9.47. The molecule has 0 spiro atoms. The van der Waals surface area contributed by atoms with Gasteiger partial charge in [-0.25, -0.2) is 0 Å². The molecule has 1 heterocycles. The first-order valence-electron chi connectivity index (χ1n) is 6.69. The molecule has 1 saturated heterocycles. The summed E-state index contributed by atoms with van der Waals surface area (Å²) in [4.78, 5) is 16.7. The van der Waals surface area contributed by atoms with Crippen LogP contribution in [0.1, 0.15) is 10.4 Å². The number of hydrogen-bond acceptors (Lipinski definition) is 4. The van der Waals surface area contributed by atoms with E-state index in [1.54, 1.807) is 18.2 Å². The molecule has 5 nitrogen and oxygen atoms in total. The zero-order valence-electron chi connectivity index (χ0n) is 11.9. The summed E-state index contributed by atoms with van der Waals surface area (Å²) in [5, 5.41) is 3.33. The van der Waals surface area contributed by atoms with Crippen LogP contribution in [0.5, 0.6) is 0 Å². The third-order valence-electron chi connectivity index (χ3n) is 3.72. The Morgan fingerprint density at radius 2 is 2.20 bits per heavy atom. The van der Waals surface area contributed by atoms with E-state index in [0.717, 1.165) is 19.6 Å². The lowest BCUT2D eigenvalue weighted by atomic mass is 10.1. The summed E-state index contributed by atoms with van der Waals surface area (Å²) < 4.78 is 0. The Morgan fingerprint density at radius 1 is 1.45 bits per heavy atom. The molecule has 0 aromatic heterocycles. The predicted octanol–water partition coefficient (Wildman–Crippen LogP) is 0.898. The van der Waals surface area contributed by atoms with Crippen LogP contribution in [0.25, 0.3) is 0 Å². The van der Waals surface area contributed by atoms with Crippen molar-refractivity contribution in [2.75, 3.05) is 46.0 Å². The van der Waals surface area contributed by atoms with Gasteiger partial charge in [-0.15, -0.1) is 0 Å². The van der Waals surface area contributed by atoms with Crippen LogP contribution in [0, 0.1) is 0 Å². The van der Waals surface area contributed by atoms with Gasteiger partial charge >= 0.3 is 0 Å². The third-order valence-corrected chi connectivity index (χ3v) is 4.03. The Labute approximate surface area is 124 Å². The van der Waals surface area contributed by atoms with E-state index in [1.807, 2.05) is 0 Å². The van der Waals surface area contributed by atoms with Gasteiger partial charge in [0.25, 0.3) is 5.91 Å². The molecule has 1 aliphatic heterocycles. The Kier molecular flexibility index (Phi) is 4.86. The molecular formula is C14H21ClN4O. The van der Waals surface area contributed by atoms with Gasteiger partial charge in [0.2, 0.25) is 0 Å². The summed E-state index contributed by atoms with van der Waals surface area (Å²) in [7, 11) is 4.18. The van der Waals surface area contributed by atoms with Crippen LogP contribution < -0.4 is 11.1 Å². The Morgan fingerprint density at radius 3 is 2.90 bits per heavy atom. The normalized spacial score (nSPS) is 20.9.